The highest BCUT2D eigenvalue weighted by Gasteiger charge is 2.25. The first-order valence-corrected chi connectivity index (χ1v) is 7.70. The number of hydrogen-bond acceptors (Lipinski definition) is 4. The van der Waals surface area contributed by atoms with Crippen LogP contribution in [0.3, 0.4) is 0 Å². The van der Waals surface area contributed by atoms with Crippen molar-refractivity contribution in [3.8, 4) is 6.07 Å². The van der Waals surface area contributed by atoms with Gasteiger partial charge in [0.15, 0.2) is 5.82 Å². The lowest BCUT2D eigenvalue weighted by Crippen LogP contribution is -2.40. The number of carbonyl (C=O) groups excluding carboxylic acids is 1. The van der Waals surface area contributed by atoms with E-state index in [4.69, 9.17) is 5.26 Å². The average molecular weight is 305 g/mol. The molecule has 2 amide bonds. The molecule has 1 aromatic rings. The Hall–Kier alpha value is -2.07. The van der Waals surface area contributed by atoms with Crippen molar-refractivity contribution in [2.75, 3.05) is 18.9 Å². The van der Waals surface area contributed by atoms with Crippen molar-refractivity contribution in [1.29, 1.82) is 5.26 Å². The number of aromatic nitrogens is 2. The minimum Gasteiger partial charge on any atom is -0.393 e. The number of hydrogen-bond donors (Lipinski definition) is 2. The fourth-order valence-electron chi connectivity index (χ4n) is 2.76. The maximum absolute atomic E-state index is 12.1. The number of nitrogens with zero attached hydrogens (tertiary/aromatic N) is 4. The molecule has 2 rings (SSSR count). The molecule has 7 nitrogen and oxygen atoms in total. The lowest BCUT2D eigenvalue weighted by Gasteiger charge is -2.31. The van der Waals surface area contributed by atoms with E-state index >= 15 is 0 Å². The van der Waals surface area contributed by atoms with Crippen molar-refractivity contribution in [2.45, 2.75) is 44.8 Å². The number of nitriles is 1. The lowest BCUT2D eigenvalue weighted by molar-refractivity contribution is 0.0575. The van der Waals surface area contributed by atoms with E-state index in [1.807, 2.05) is 0 Å². The highest BCUT2D eigenvalue weighted by atomic mass is 16.3. The van der Waals surface area contributed by atoms with Gasteiger partial charge < -0.3 is 10.0 Å². The van der Waals surface area contributed by atoms with Gasteiger partial charge in [-0.1, -0.05) is 12.8 Å². The fourth-order valence-corrected chi connectivity index (χ4v) is 2.76. The van der Waals surface area contributed by atoms with Crippen LogP contribution in [-0.2, 0) is 6.54 Å². The third-order valence-electron chi connectivity index (χ3n) is 4.05. The monoisotopic (exact) mass is 305 g/mol. The van der Waals surface area contributed by atoms with Gasteiger partial charge in [-0.25, -0.2) is 4.79 Å². The van der Waals surface area contributed by atoms with Crippen molar-refractivity contribution >= 4 is 11.8 Å². The molecule has 2 N–H and O–H groups in total. The van der Waals surface area contributed by atoms with Crippen LogP contribution in [0.4, 0.5) is 10.6 Å². The number of amides is 2. The zero-order chi connectivity index (χ0) is 15.9. The average Bonchev–Trinajstić information content (AvgIpc) is 2.94. The molecular weight excluding hydrogens is 282 g/mol. The van der Waals surface area contributed by atoms with Crippen molar-refractivity contribution in [3.05, 3.63) is 12.3 Å². The Balaban J connectivity index is 1.83. The second kappa shape index (κ2) is 7.80. The molecule has 7 heteroatoms. The Bertz CT molecular complexity index is 536. The zero-order valence-electron chi connectivity index (χ0n) is 12.9. The van der Waals surface area contributed by atoms with Crippen LogP contribution in [-0.4, -0.2) is 45.5 Å². The normalized spacial score (nSPS) is 21.1. The van der Waals surface area contributed by atoms with E-state index < -0.39 is 0 Å². The number of anilines is 1. The Morgan fingerprint density at radius 1 is 1.59 bits per heavy atom. The first-order valence-electron chi connectivity index (χ1n) is 7.70. The Labute approximate surface area is 130 Å². The van der Waals surface area contributed by atoms with E-state index in [0.717, 1.165) is 25.7 Å². The molecule has 0 spiro atoms. The molecular formula is C15H23N5O2. The summed E-state index contributed by atoms with van der Waals surface area (Å²) >= 11 is 0. The Morgan fingerprint density at radius 2 is 2.36 bits per heavy atom. The van der Waals surface area contributed by atoms with Gasteiger partial charge in [-0.05, 0) is 12.8 Å². The molecule has 1 aromatic heterocycles. The first kappa shape index (κ1) is 16.3. The molecule has 22 heavy (non-hydrogen) atoms. The van der Waals surface area contributed by atoms with Crippen molar-refractivity contribution < 1.29 is 9.90 Å². The molecule has 1 fully saturated rings. The van der Waals surface area contributed by atoms with E-state index in [0.29, 0.717) is 25.3 Å². The van der Waals surface area contributed by atoms with Crippen LogP contribution in [0.2, 0.25) is 0 Å². The van der Waals surface area contributed by atoms with Crippen molar-refractivity contribution in [2.24, 2.45) is 5.92 Å². The number of rotatable bonds is 5. The van der Waals surface area contributed by atoms with Gasteiger partial charge in [-0.15, -0.1) is 0 Å². The fraction of sp³-hybridized carbons (Fsp3) is 0.667. The zero-order valence-corrected chi connectivity index (χ0v) is 12.9. The van der Waals surface area contributed by atoms with Crippen LogP contribution in [0.1, 0.15) is 32.1 Å². The van der Waals surface area contributed by atoms with E-state index in [2.05, 4.69) is 16.5 Å². The van der Waals surface area contributed by atoms with Crippen LogP contribution < -0.4 is 5.32 Å². The highest BCUT2D eigenvalue weighted by Crippen LogP contribution is 2.25. The molecule has 1 heterocycles. The molecule has 2 atom stereocenters. The third-order valence-corrected chi connectivity index (χ3v) is 4.05. The molecule has 0 aromatic carbocycles. The molecule has 0 bridgehead atoms. The minimum atomic E-state index is -0.311. The summed E-state index contributed by atoms with van der Waals surface area (Å²) in [6, 6.07) is 3.53. The number of aliphatic hydroxyl groups is 1. The van der Waals surface area contributed by atoms with E-state index in [1.54, 1.807) is 28.9 Å². The summed E-state index contributed by atoms with van der Waals surface area (Å²) in [5.74, 6) is 0.622. The maximum atomic E-state index is 12.1. The SMILES string of the molecule is CN(CC1CCCCC1O)C(=O)Nc1ccn(CCC#N)n1. The predicted molar refractivity (Wildman–Crippen MR) is 82.1 cm³/mol. The highest BCUT2D eigenvalue weighted by molar-refractivity contribution is 5.88. The molecule has 1 aliphatic rings. The Kier molecular flexibility index (Phi) is 5.78. The number of aliphatic hydroxyl groups excluding tert-OH is 1. The van der Waals surface area contributed by atoms with Crippen LogP contribution in [0, 0.1) is 17.2 Å². The van der Waals surface area contributed by atoms with Gasteiger partial charge >= 0.3 is 6.03 Å². The summed E-state index contributed by atoms with van der Waals surface area (Å²) in [6.07, 6.45) is 5.76. The Morgan fingerprint density at radius 3 is 3.09 bits per heavy atom. The molecule has 0 radical (unpaired) electrons. The minimum absolute atomic E-state index is 0.151. The topological polar surface area (TPSA) is 94.2 Å². The van der Waals surface area contributed by atoms with Crippen molar-refractivity contribution in [3.63, 3.8) is 0 Å². The summed E-state index contributed by atoms with van der Waals surface area (Å²) in [6.45, 7) is 1.05. The predicted octanol–water partition coefficient (Wildman–Crippen LogP) is 1.81. The molecule has 2 unspecified atom stereocenters. The third kappa shape index (κ3) is 4.46. The summed E-state index contributed by atoms with van der Waals surface area (Å²) in [4.78, 5) is 13.7. The number of carbonyl (C=O) groups is 1. The molecule has 0 aliphatic heterocycles. The summed E-state index contributed by atoms with van der Waals surface area (Å²) in [7, 11) is 1.73. The summed E-state index contributed by atoms with van der Waals surface area (Å²) in [5, 5.41) is 25.4. The molecule has 120 valence electrons. The number of aryl methyl sites for hydroxylation is 1. The van der Waals surface area contributed by atoms with Gasteiger partial charge in [0, 0.05) is 31.8 Å². The largest absolute Gasteiger partial charge is 0.393 e. The summed E-state index contributed by atoms with van der Waals surface area (Å²) in [5.41, 5.74) is 0. The van der Waals surface area contributed by atoms with Gasteiger partial charge in [-0.3, -0.25) is 10.00 Å². The summed E-state index contributed by atoms with van der Waals surface area (Å²) < 4.78 is 1.63. The first-order chi connectivity index (χ1) is 10.6. The number of urea groups is 1. The van der Waals surface area contributed by atoms with Crippen molar-refractivity contribution in [1.82, 2.24) is 14.7 Å². The van der Waals surface area contributed by atoms with E-state index in [1.165, 1.54) is 0 Å². The second-order valence-electron chi connectivity index (χ2n) is 5.79. The molecule has 1 aliphatic carbocycles. The van der Waals surface area contributed by atoms with Gasteiger partial charge in [-0.2, -0.15) is 10.4 Å². The maximum Gasteiger partial charge on any atom is 0.322 e. The van der Waals surface area contributed by atoms with Crippen LogP contribution in [0.25, 0.3) is 0 Å². The van der Waals surface area contributed by atoms with Gasteiger partial charge in [0.2, 0.25) is 0 Å². The van der Waals surface area contributed by atoms with Gasteiger partial charge in [0.25, 0.3) is 0 Å². The van der Waals surface area contributed by atoms with Gasteiger partial charge in [0.1, 0.15) is 0 Å². The van der Waals surface area contributed by atoms with Gasteiger partial charge in [0.05, 0.1) is 25.1 Å². The number of nitrogens with one attached hydrogen (secondary N) is 1. The second-order valence-corrected chi connectivity index (χ2v) is 5.79. The lowest BCUT2D eigenvalue weighted by atomic mass is 9.86. The van der Waals surface area contributed by atoms with Crippen LogP contribution in [0.15, 0.2) is 12.3 Å². The van der Waals surface area contributed by atoms with E-state index in [-0.39, 0.29) is 18.1 Å². The smallest absolute Gasteiger partial charge is 0.322 e. The van der Waals surface area contributed by atoms with Crippen LogP contribution in [0.5, 0.6) is 0 Å². The molecule has 0 saturated heterocycles. The van der Waals surface area contributed by atoms with Crippen LogP contribution >= 0.6 is 0 Å². The molecule has 1 saturated carbocycles. The van der Waals surface area contributed by atoms with E-state index in [9.17, 15) is 9.90 Å². The standard InChI is InChI=1S/C15H23N5O2/c1-19(11-12-5-2-3-6-13(12)21)15(22)17-14-7-10-20(18-14)9-4-8-16/h7,10,12-13,21H,2-6,9,11H2,1H3,(H,17,18,22). The quantitative estimate of drug-likeness (QED) is 0.867.